The van der Waals surface area contributed by atoms with Crippen LogP contribution in [0.4, 0.5) is 5.69 Å². The number of sulfonamides is 1. The van der Waals surface area contributed by atoms with E-state index >= 15 is 0 Å². The Morgan fingerprint density at radius 1 is 1.06 bits per heavy atom. The number of nitrogens with one attached hydrogen (secondary N) is 1. The van der Waals surface area contributed by atoms with Gasteiger partial charge in [-0.05, 0) is 48.7 Å². The van der Waals surface area contributed by atoms with Crippen LogP contribution in [0, 0.1) is 6.92 Å². The Bertz CT molecular complexity index is 969. The summed E-state index contributed by atoms with van der Waals surface area (Å²) in [4.78, 5) is 14.3. The van der Waals surface area contributed by atoms with Gasteiger partial charge in [0.2, 0.25) is 15.9 Å². The number of carbonyl (C=O) groups excluding carboxylic acids is 1. The molecule has 1 saturated heterocycles. The molecule has 1 heterocycles. The highest BCUT2D eigenvalue weighted by atomic mass is 32.2. The Balaban J connectivity index is 1.39. The van der Waals surface area contributed by atoms with E-state index in [0.717, 1.165) is 17.0 Å². The lowest BCUT2D eigenvalue weighted by molar-refractivity contribution is -0.120. The molecule has 0 aromatic heterocycles. The smallest absolute Gasteiger partial charge is 0.220 e. The third-order valence-corrected chi connectivity index (χ3v) is 7.35. The number of ether oxygens (including phenoxy) is 1. The zero-order valence-corrected chi connectivity index (χ0v) is 19.0. The molecule has 2 aromatic rings. The number of amides is 1. The fourth-order valence-corrected chi connectivity index (χ4v) is 4.97. The minimum atomic E-state index is -3.39. The highest BCUT2D eigenvalue weighted by Gasteiger charge is 2.26. The molecule has 1 fully saturated rings. The second-order valence-electron chi connectivity index (χ2n) is 7.74. The second kappa shape index (κ2) is 10.6. The van der Waals surface area contributed by atoms with E-state index in [0.29, 0.717) is 39.0 Å². The van der Waals surface area contributed by atoms with Gasteiger partial charge in [-0.1, -0.05) is 24.3 Å². The van der Waals surface area contributed by atoms with Gasteiger partial charge in [-0.15, -0.1) is 0 Å². The molecule has 168 valence electrons. The number of benzene rings is 2. The SMILES string of the molecule is COc1ccc(CCC(=O)NCCS(=O)(=O)N2CCN(c3cccc(C)c3)CC2)cc1. The third kappa shape index (κ3) is 6.70. The van der Waals surface area contributed by atoms with Crippen LogP contribution in [0.5, 0.6) is 5.75 Å². The number of hydrogen-bond donors (Lipinski definition) is 1. The number of anilines is 1. The van der Waals surface area contributed by atoms with Gasteiger partial charge in [-0.3, -0.25) is 4.79 Å². The van der Waals surface area contributed by atoms with Gasteiger partial charge in [-0.2, -0.15) is 4.31 Å². The number of aryl methyl sites for hydroxylation is 2. The van der Waals surface area contributed by atoms with Gasteiger partial charge in [-0.25, -0.2) is 8.42 Å². The highest BCUT2D eigenvalue weighted by Crippen LogP contribution is 2.19. The van der Waals surface area contributed by atoms with Crippen LogP contribution in [0.3, 0.4) is 0 Å². The largest absolute Gasteiger partial charge is 0.497 e. The Morgan fingerprint density at radius 2 is 1.77 bits per heavy atom. The molecule has 0 atom stereocenters. The molecule has 0 bridgehead atoms. The van der Waals surface area contributed by atoms with E-state index in [4.69, 9.17) is 4.74 Å². The van der Waals surface area contributed by atoms with E-state index in [9.17, 15) is 13.2 Å². The fraction of sp³-hybridized carbons (Fsp3) is 0.435. The van der Waals surface area contributed by atoms with Gasteiger partial charge in [0, 0.05) is 44.8 Å². The van der Waals surface area contributed by atoms with Crippen LogP contribution < -0.4 is 15.0 Å². The van der Waals surface area contributed by atoms with Crippen LogP contribution in [0.25, 0.3) is 0 Å². The first-order chi connectivity index (χ1) is 14.9. The molecule has 8 heteroatoms. The molecule has 2 aromatic carbocycles. The maximum Gasteiger partial charge on any atom is 0.220 e. The highest BCUT2D eigenvalue weighted by molar-refractivity contribution is 7.89. The first-order valence-corrected chi connectivity index (χ1v) is 12.2. The average molecular weight is 446 g/mol. The predicted octanol–water partition coefficient (Wildman–Crippen LogP) is 2.20. The van der Waals surface area contributed by atoms with Crippen molar-refractivity contribution in [2.45, 2.75) is 19.8 Å². The minimum Gasteiger partial charge on any atom is -0.497 e. The Labute approximate surface area is 185 Å². The van der Waals surface area contributed by atoms with Crippen LogP contribution >= 0.6 is 0 Å². The van der Waals surface area contributed by atoms with Crippen LogP contribution in [0.1, 0.15) is 17.5 Å². The Hall–Kier alpha value is -2.58. The second-order valence-corrected chi connectivity index (χ2v) is 9.83. The van der Waals surface area contributed by atoms with E-state index in [2.05, 4.69) is 35.3 Å². The van der Waals surface area contributed by atoms with E-state index in [1.807, 2.05) is 30.3 Å². The molecule has 0 radical (unpaired) electrons. The molecule has 0 spiro atoms. The predicted molar refractivity (Wildman–Crippen MR) is 123 cm³/mol. The lowest BCUT2D eigenvalue weighted by Gasteiger charge is -2.35. The summed E-state index contributed by atoms with van der Waals surface area (Å²) in [6.45, 7) is 4.43. The van der Waals surface area contributed by atoms with Gasteiger partial charge >= 0.3 is 0 Å². The molecule has 1 aliphatic heterocycles. The van der Waals surface area contributed by atoms with Crippen LogP contribution in [-0.2, 0) is 21.2 Å². The quantitative estimate of drug-likeness (QED) is 0.640. The number of methoxy groups -OCH3 is 1. The van der Waals surface area contributed by atoms with E-state index in [1.165, 1.54) is 9.87 Å². The lowest BCUT2D eigenvalue weighted by atomic mass is 10.1. The van der Waals surface area contributed by atoms with Crippen LogP contribution in [0.2, 0.25) is 0 Å². The summed E-state index contributed by atoms with van der Waals surface area (Å²) in [6, 6.07) is 15.8. The number of nitrogens with zero attached hydrogens (tertiary/aromatic N) is 2. The van der Waals surface area contributed by atoms with E-state index in [1.54, 1.807) is 7.11 Å². The van der Waals surface area contributed by atoms with E-state index < -0.39 is 10.0 Å². The molecule has 1 N–H and O–H groups in total. The average Bonchev–Trinajstić information content (AvgIpc) is 2.78. The maximum atomic E-state index is 12.6. The number of carbonyl (C=O) groups is 1. The van der Waals surface area contributed by atoms with Crippen molar-refractivity contribution in [3.8, 4) is 5.75 Å². The molecule has 1 amide bonds. The first-order valence-electron chi connectivity index (χ1n) is 10.6. The summed E-state index contributed by atoms with van der Waals surface area (Å²) in [5.74, 6) is 0.555. The topological polar surface area (TPSA) is 78.9 Å². The molecule has 1 aliphatic rings. The molecule has 3 rings (SSSR count). The van der Waals surface area contributed by atoms with Crippen molar-refractivity contribution in [2.75, 3.05) is 50.5 Å². The van der Waals surface area contributed by atoms with E-state index in [-0.39, 0.29) is 18.2 Å². The van der Waals surface area contributed by atoms with Crippen molar-refractivity contribution < 1.29 is 17.9 Å². The summed E-state index contributed by atoms with van der Waals surface area (Å²) < 4.78 is 31.9. The summed E-state index contributed by atoms with van der Waals surface area (Å²) in [7, 11) is -1.78. The summed E-state index contributed by atoms with van der Waals surface area (Å²) >= 11 is 0. The number of hydrogen-bond acceptors (Lipinski definition) is 5. The van der Waals surface area contributed by atoms with Crippen LogP contribution in [-0.4, -0.2) is 64.2 Å². The molecule has 0 aliphatic carbocycles. The molecule has 0 unspecified atom stereocenters. The van der Waals surface area contributed by atoms with Gasteiger partial charge in [0.15, 0.2) is 0 Å². The Kier molecular flexibility index (Phi) is 7.92. The van der Waals surface area contributed by atoms with Gasteiger partial charge in [0.25, 0.3) is 0 Å². The molecule has 7 nitrogen and oxygen atoms in total. The normalized spacial score (nSPS) is 15.0. The van der Waals surface area contributed by atoms with Crippen molar-refractivity contribution >= 4 is 21.6 Å². The standard InChI is InChI=1S/C23H31N3O4S/c1-19-4-3-5-21(18-19)25-13-15-26(16-14-25)31(28,29)17-12-24-23(27)11-8-20-6-9-22(30-2)10-7-20/h3-7,9-10,18H,8,11-17H2,1-2H3,(H,24,27). The van der Waals surface area contributed by atoms with Gasteiger partial charge in [0.05, 0.1) is 12.9 Å². The molecule has 0 saturated carbocycles. The maximum absolute atomic E-state index is 12.6. The van der Waals surface area contributed by atoms with Crippen molar-refractivity contribution in [1.29, 1.82) is 0 Å². The zero-order chi connectivity index (χ0) is 22.3. The summed E-state index contributed by atoms with van der Waals surface area (Å²) in [5.41, 5.74) is 3.35. The summed E-state index contributed by atoms with van der Waals surface area (Å²) in [5, 5.41) is 2.73. The third-order valence-electron chi connectivity index (χ3n) is 5.48. The lowest BCUT2D eigenvalue weighted by Crippen LogP contribution is -2.50. The van der Waals surface area contributed by atoms with Gasteiger partial charge < -0.3 is 15.0 Å². The Morgan fingerprint density at radius 3 is 2.42 bits per heavy atom. The fourth-order valence-electron chi connectivity index (χ4n) is 3.64. The van der Waals surface area contributed by atoms with Crippen molar-refractivity contribution in [3.05, 3.63) is 59.7 Å². The van der Waals surface area contributed by atoms with Crippen molar-refractivity contribution in [2.24, 2.45) is 0 Å². The monoisotopic (exact) mass is 445 g/mol. The summed E-state index contributed by atoms with van der Waals surface area (Å²) in [6.07, 6.45) is 0.922. The molecular formula is C23H31N3O4S. The number of rotatable bonds is 9. The molecular weight excluding hydrogens is 414 g/mol. The molecule has 31 heavy (non-hydrogen) atoms. The van der Waals surface area contributed by atoms with Gasteiger partial charge in [0.1, 0.15) is 5.75 Å². The first kappa shape index (κ1) is 23.1. The zero-order valence-electron chi connectivity index (χ0n) is 18.2. The van der Waals surface area contributed by atoms with Crippen molar-refractivity contribution in [3.63, 3.8) is 0 Å². The van der Waals surface area contributed by atoms with Crippen LogP contribution in [0.15, 0.2) is 48.5 Å². The van der Waals surface area contributed by atoms with Crippen molar-refractivity contribution in [1.82, 2.24) is 9.62 Å². The number of piperazine rings is 1. The minimum absolute atomic E-state index is 0.0777.